The molecule has 0 bridgehead atoms. The predicted molar refractivity (Wildman–Crippen MR) is 58.1 cm³/mol. The Morgan fingerprint density at radius 2 is 2.20 bits per heavy atom. The highest BCUT2D eigenvalue weighted by Crippen LogP contribution is 2.25. The number of phenolic OH excluding ortho intramolecular Hbond substituents is 1. The second kappa shape index (κ2) is 3.85. The van der Waals surface area contributed by atoms with Gasteiger partial charge in [0.15, 0.2) is 0 Å². The van der Waals surface area contributed by atoms with Crippen LogP contribution >= 0.6 is 0 Å². The molecule has 2 N–H and O–H groups in total. The van der Waals surface area contributed by atoms with Gasteiger partial charge in [0.25, 0.3) is 0 Å². The van der Waals surface area contributed by atoms with Crippen LogP contribution in [0.5, 0.6) is 5.75 Å². The number of benzene rings is 1. The van der Waals surface area contributed by atoms with Gasteiger partial charge in [0.1, 0.15) is 5.75 Å². The van der Waals surface area contributed by atoms with E-state index < -0.39 is 7.12 Å². The largest absolute Gasteiger partial charge is 0.508 e. The third kappa shape index (κ3) is 1.99. The average Bonchev–Trinajstić information content (AvgIpc) is 2.42. The highest BCUT2D eigenvalue weighted by atomic mass is 16.5. The fourth-order valence-corrected chi connectivity index (χ4v) is 1.84. The number of aromatic hydroxyl groups is 1. The topological polar surface area (TPSA) is 52.9 Å². The lowest BCUT2D eigenvalue weighted by Gasteiger charge is -2.17. The Hall–Kier alpha value is -1.04. The van der Waals surface area contributed by atoms with E-state index in [1.165, 1.54) is 0 Å². The van der Waals surface area contributed by atoms with Crippen LogP contribution < -0.4 is 5.46 Å². The Morgan fingerprint density at radius 1 is 1.47 bits per heavy atom. The quantitative estimate of drug-likeness (QED) is 0.654. The zero-order valence-electron chi connectivity index (χ0n) is 8.84. The molecule has 1 aromatic carbocycles. The second-order valence-electron chi connectivity index (χ2n) is 4.05. The zero-order chi connectivity index (χ0) is 11.0. The van der Waals surface area contributed by atoms with Crippen molar-refractivity contribution in [3.05, 3.63) is 23.8 Å². The minimum atomic E-state index is -0.919. The van der Waals surface area contributed by atoms with E-state index in [0.717, 1.165) is 12.1 Å². The molecule has 1 aliphatic heterocycles. The van der Waals surface area contributed by atoms with Gasteiger partial charge in [0.05, 0.1) is 6.10 Å². The molecular weight excluding hydrogens is 193 g/mol. The van der Waals surface area contributed by atoms with E-state index in [2.05, 4.69) is 0 Å². The van der Waals surface area contributed by atoms with Crippen molar-refractivity contribution in [1.82, 2.24) is 4.90 Å². The highest BCUT2D eigenvalue weighted by Gasteiger charge is 2.35. The van der Waals surface area contributed by atoms with Gasteiger partial charge in [-0.25, -0.2) is 0 Å². The zero-order valence-corrected chi connectivity index (χ0v) is 8.84. The lowest BCUT2D eigenvalue weighted by atomic mass is 9.79. The van der Waals surface area contributed by atoms with Crippen molar-refractivity contribution in [3.8, 4) is 5.75 Å². The summed E-state index contributed by atoms with van der Waals surface area (Å²) in [5.41, 5.74) is 1.62. The third-order valence-electron chi connectivity index (χ3n) is 2.51. The van der Waals surface area contributed by atoms with Gasteiger partial charge in [-0.05, 0) is 37.3 Å². The van der Waals surface area contributed by atoms with E-state index in [-0.39, 0.29) is 11.9 Å². The van der Waals surface area contributed by atoms with Gasteiger partial charge in [-0.3, -0.25) is 0 Å². The molecule has 0 amide bonds. The van der Waals surface area contributed by atoms with Gasteiger partial charge in [0, 0.05) is 6.54 Å². The van der Waals surface area contributed by atoms with Gasteiger partial charge in [-0.2, -0.15) is 0 Å². The summed E-state index contributed by atoms with van der Waals surface area (Å²) in [6.07, 6.45) is -0.120. The molecule has 0 saturated heterocycles. The summed E-state index contributed by atoms with van der Waals surface area (Å²) in [6, 6.07) is 4.97. The summed E-state index contributed by atoms with van der Waals surface area (Å²) in [5, 5.41) is 18.9. The summed E-state index contributed by atoms with van der Waals surface area (Å²) in [7, 11) is 2.99. The molecule has 4 nitrogen and oxygen atoms in total. The van der Waals surface area contributed by atoms with Crippen LogP contribution in [0.15, 0.2) is 18.2 Å². The van der Waals surface area contributed by atoms with Gasteiger partial charge >= 0.3 is 7.12 Å². The van der Waals surface area contributed by atoms with Crippen LogP contribution in [-0.2, 0) is 4.65 Å². The van der Waals surface area contributed by atoms with Crippen LogP contribution in [0.4, 0.5) is 0 Å². The smallest absolute Gasteiger partial charge is 0.492 e. The van der Waals surface area contributed by atoms with Gasteiger partial charge < -0.3 is 19.7 Å². The Balaban J connectivity index is 2.30. The van der Waals surface area contributed by atoms with Crippen LogP contribution in [0.25, 0.3) is 0 Å². The number of hydrogen-bond donors (Lipinski definition) is 2. The second-order valence-corrected chi connectivity index (χ2v) is 4.05. The Kier molecular flexibility index (Phi) is 2.69. The van der Waals surface area contributed by atoms with Crippen LogP contribution in [-0.4, -0.2) is 42.8 Å². The normalized spacial score (nSPS) is 19.7. The average molecular weight is 207 g/mol. The first kappa shape index (κ1) is 10.5. The maximum absolute atomic E-state index is 9.64. The highest BCUT2D eigenvalue weighted by molar-refractivity contribution is 6.61. The number of hydrogen-bond acceptors (Lipinski definition) is 4. The predicted octanol–water partition coefficient (Wildman–Crippen LogP) is -0.287. The Labute approximate surface area is 89.2 Å². The maximum Gasteiger partial charge on any atom is 0.492 e. The monoisotopic (exact) mass is 207 g/mol. The van der Waals surface area contributed by atoms with Gasteiger partial charge in [-0.1, -0.05) is 6.07 Å². The minimum Gasteiger partial charge on any atom is -0.508 e. The number of phenols is 1. The first-order valence-electron chi connectivity index (χ1n) is 4.89. The Bertz CT molecular complexity index is 370. The summed E-state index contributed by atoms with van der Waals surface area (Å²) in [4.78, 5) is 2.00. The molecule has 0 spiro atoms. The SMILES string of the molecule is CN(C)CC1OB(O)c2cc(O)ccc21. The molecule has 0 radical (unpaired) electrons. The summed E-state index contributed by atoms with van der Waals surface area (Å²) < 4.78 is 5.40. The van der Waals surface area contributed by atoms with E-state index >= 15 is 0 Å². The van der Waals surface area contributed by atoms with Crippen LogP contribution in [0.3, 0.4) is 0 Å². The number of likely N-dealkylation sites (N-methyl/N-ethyl adjacent to an activating group) is 1. The molecule has 15 heavy (non-hydrogen) atoms. The molecule has 0 aliphatic carbocycles. The van der Waals surface area contributed by atoms with E-state index in [0.29, 0.717) is 5.46 Å². The Morgan fingerprint density at radius 3 is 2.87 bits per heavy atom. The molecule has 0 fully saturated rings. The molecule has 1 unspecified atom stereocenters. The van der Waals surface area contributed by atoms with Crippen molar-refractivity contribution >= 4 is 12.6 Å². The fraction of sp³-hybridized carbons (Fsp3) is 0.400. The molecule has 0 aromatic heterocycles. The van der Waals surface area contributed by atoms with E-state index in [9.17, 15) is 10.1 Å². The third-order valence-corrected chi connectivity index (χ3v) is 2.51. The first-order chi connectivity index (χ1) is 7.08. The number of nitrogens with zero attached hydrogens (tertiary/aromatic N) is 1. The van der Waals surface area contributed by atoms with Crippen molar-refractivity contribution in [1.29, 1.82) is 0 Å². The molecular formula is C10H14BNO3. The lowest BCUT2D eigenvalue weighted by Crippen LogP contribution is -2.28. The summed E-state index contributed by atoms with van der Waals surface area (Å²) in [5.74, 6) is 0.155. The molecule has 2 rings (SSSR count). The van der Waals surface area contributed by atoms with Crippen LogP contribution in [0.1, 0.15) is 11.7 Å². The molecule has 0 saturated carbocycles. The molecule has 1 heterocycles. The number of fused-ring (bicyclic) bond motifs is 1. The molecule has 1 aliphatic rings. The summed E-state index contributed by atoms with van der Waals surface area (Å²) in [6.45, 7) is 0.717. The van der Waals surface area contributed by atoms with Crippen molar-refractivity contribution < 1.29 is 14.8 Å². The van der Waals surface area contributed by atoms with E-state index in [1.54, 1.807) is 18.2 Å². The van der Waals surface area contributed by atoms with E-state index in [4.69, 9.17) is 4.65 Å². The van der Waals surface area contributed by atoms with Crippen molar-refractivity contribution in [3.63, 3.8) is 0 Å². The minimum absolute atomic E-state index is 0.120. The van der Waals surface area contributed by atoms with E-state index in [1.807, 2.05) is 19.0 Å². The number of rotatable bonds is 2. The molecule has 1 aromatic rings. The molecule has 80 valence electrons. The van der Waals surface area contributed by atoms with Crippen molar-refractivity contribution in [2.45, 2.75) is 6.10 Å². The summed E-state index contributed by atoms with van der Waals surface area (Å²) >= 11 is 0. The van der Waals surface area contributed by atoms with Crippen molar-refractivity contribution in [2.75, 3.05) is 20.6 Å². The van der Waals surface area contributed by atoms with Gasteiger partial charge in [0.2, 0.25) is 0 Å². The lowest BCUT2D eigenvalue weighted by molar-refractivity contribution is 0.153. The first-order valence-corrected chi connectivity index (χ1v) is 4.89. The van der Waals surface area contributed by atoms with Crippen LogP contribution in [0.2, 0.25) is 0 Å². The molecule has 1 atom stereocenters. The molecule has 5 heteroatoms. The van der Waals surface area contributed by atoms with Crippen LogP contribution in [0, 0.1) is 0 Å². The fourth-order valence-electron chi connectivity index (χ4n) is 1.84. The maximum atomic E-state index is 9.64. The van der Waals surface area contributed by atoms with Gasteiger partial charge in [-0.15, -0.1) is 0 Å². The van der Waals surface area contributed by atoms with Crippen molar-refractivity contribution in [2.24, 2.45) is 0 Å². The standard InChI is InChI=1S/C10H14BNO3/c1-12(2)6-10-8-4-3-7(13)5-9(8)11(14)15-10/h3-5,10,13-14H,6H2,1-2H3.